The van der Waals surface area contributed by atoms with Gasteiger partial charge in [0.25, 0.3) is 0 Å². The summed E-state index contributed by atoms with van der Waals surface area (Å²) >= 11 is 0. The summed E-state index contributed by atoms with van der Waals surface area (Å²) in [5.74, 6) is 6.72. The Morgan fingerprint density at radius 3 is 2.67 bits per heavy atom. The summed E-state index contributed by atoms with van der Waals surface area (Å²) in [4.78, 5) is 19.5. The molecule has 1 amide bonds. The number of amides is 1. The van der Waals surface area contributed by atoms with E-state index >= 15 is 0 Å². The fourth-order valence-corrected chi connectivity index (χ4v) is 1.60. The Labute approximate surface area is 107 Å². The van der Waals surface area contributed by atoms with Crippen molar-refractivity contribution in [1.82, 2.24) is 15.3 Å². The summed E-state index contributed by atoms with van der Waals surface area (Å²) in [6.45, 7) is 5.06. The number of nitrogens with one attached hydrogen (secondary N) is 3. The van der Waals surface area contributed by atoms with Gasteiger partial charge in [-0.3, -0.25) is 4.79 Å². The smallest absolute Gasteiger partial charge is 0.221 e. The average molecular weight is 252 g/mol. The standard InChI is InChI=1S/C11H20N6O/c1-3-8-10(15-7-16-11(8)17-12)14-6-5-9(18)13-4-2/h7H,3-6,12H2,1-2H3,(H,13,18)(H2,14,15,16,17). The van der Waals surface area contributed by atoms with Gasteiger partial charge in [0, 0.05) is 25.1 Å². The Hall–Kier alpha value is -1.89. The molecule has 5 N–H and O–H groups in total. The van der Waals surface area contributed by atoms with Crippen LogP contribution in [-0.4, -0.2) is 29.0 Å². The van der Waals surface area contributed by atoms with E-state index in [0.717, 1.165) is 12.0 Å². The largest absolute Gasteiger partial charge is 0.369 e. The van der Waals surface area contributed by atoms with Gasteiger partial charge in [0.1, 0.15) is 18.0 Å². The van der Waals surface area contributed by atoms with E-state index in [1.165, 1.54) is 6.33 Å². The molecule has 0 radical (unpaired) electrons. The van der Waals surface area contributed by atoms with Crippen molar-refractivity contribution in [3.63, 3.8) is 0 Å². The molecule has 0 bridgehead atoms. The molecular weight excluding hydrogens is 232 g/mol. The minimum absolute atomic E-state index is 0.0225. The molecule has 0 saturated heterocycles. The molecule has 1 rings (SSSR count). The number of hydrazine groups is 1. The van der Waals surface area contributed by atoms with Gasteiger partial charge >= 0.3 is 0 Å². The second-order valence-corrected chi connectivity index (χ2v) is 3.68. The number of anilines is 2. The van der Waals surface area contributed by atoms with E-state index in [1.54, 1.807) is 0 Å². The Kier molecular flexibility index (Phi) is 5.86. The van der Waals surface area contributed by atoms with Crippen LogP contribution < -0.4 is 21.9 Å². The van der Waals surface area contributed by atoms with E-state index in [0.29, 0.717) is 31.1 Å². The van der Waals surface area contributed by atoms with Gasteiger partial charge in [0.2, 0.25) is 5.91 Å². The first-order valence-electron chi connectivity index (χ1n) is 6.03. The maximum absolute atomic E-state index is 11.3. The highest BCUT2D eigenvalue weighted by atomic mass is 16.1. The van der Waals surface area contributed by atoms with E-state index in [1.807, 2.05) is 13.8 Å². The maximum atomic E-state index is 11.3. The van der Waals surface area contributed by atoms with Gasteiger partial charge in [-0.25, -0.2) is 15.8 Å². The van der Waals surface area contributed by atoms with E-state index in [-0.39, 0.29) is 5.91 Å². The number of carbonyl (C=O) groups excluding carboxylic acids is 1. The molecule has 7 nitrogen and oxygen atoms in total. The summed E-state index contributed by atoms with van der Waals surface area (Å²) in [5, 5.41) is 5.86. The summed E-state index contributed by atoms with van der Waals surface area (Å²) in [6.07, 6.45) is 2.60. The number of hydrogen-bond donors (Lipinski definition) is 4. The number of hydrogen-bond acceptors (Lipinski definition) is 6. The van der Waals surface area contributed by atoms with Crippen molar-refractivity contribution in [1.29, 1.82) is 0 Å². The van der Waals surface area contributed by atoms with Gasteiger partial charge in [-0.15, -0.1) is 0 Å². The average Bonchev–Trinajstić information content (AvgIpc) is 2.38. The van der Waals surface area contributed by atoms with E-state index in [2.05, 4.69) is 26.0 Å². The molecule has 1 heterocycles. The molecule has 100 valence electrons. The van der Waals surface area contributed by atoms with Gasteiger partial charge in [0.15, 0.2) is 0 Å². The molecule has 0 fully saturated rings. The zero-order valence-electron chi connectivity index (χ0n) is 10.8. The third-order valence-corrected chi connectivity index (χ3v) is 2.45. The van der Waals surface area contributed by atoms with Crippen LogP contribution in [0.15, 0.2) is 6.33 Å². The number of nitrogens with two attached hydrogens (primary N) is 1. The zero-order valence-corrected chi connectivity index (χ0v) is 10.8. The lowest BCUT2D eigenvalue weighted by Gasteiger charge is -2.12. The first kappa shape index (κ1) is 14.2. The van der Waals surface area contributed by atoms with Crippen molar-refractivity contribution in [2.75, 3.05) is 23.8 Å². The summed E-state index contributed by atoms with van der Waals surface area (Å²) in [7, 11) is 0. The van der Waals surface area contributed by atoms with Crippen LogP contribution in [0, 0.1) is 0 Å². The van der Waals surface area contributed by atoms with Gasteiger partial charge in [0.05, 0.1) is 0 Å². The van der Waals surface area contributed by atoms with Crippen molar-refractivity contribution < 1.29 is 4.79 Å². The van der Waals surface area contributed by atoms with Crippen LogP contribution in [0.2, 0.25) is 0 Å². The maximum Gasteiger partial charge on any atom is 0.221 e. The Bertz CT molecular complexity index is 395. The van der Waals surface area contributed by atoms with E-state index in [9.17, 15) is 4.79 Å². The third-order valence-electron chi connectivity index (χ3n) is 2.45. The van der Waals surface area contributed by atoms with Crippen molar-refractivity contribution in [2.24, 2.45) is 5.84 Å². The number of carbonyl (C=O) groups is 1. The Morgan fingerprint density at radius 1 is 1.33 bits per heavy atom. The molecule has 1 aromatic rings. The molecule has 0 spiro atoms. The molecule has 0 aliphatic rings. The summed E-state index contributed by atoms with van der Waals surface area (Å²) in [6, 6.07) is 0. The van der Waals surface area contributed by atoms with Gasteiger partial charge < -0.3 is 16.1 Å². The topological polar surface area (TPSA) is 105 Å². The molecule has 0 unspecified atom stereocenters. The van der Waals surface area contributed by atoms with Crippen LogP contribution in [0.4, 0.5) is 11.6 Å². The first-order valence-corrected chi connectivity index (χ1v) is 6.03. The Morgan fingerprint density at radius 2 is 2.06 bits per heavy atom. The predicted octanol–water partition coefficient (Wildman–Crippen LogP) is 0.263. The molecule has 0 saturated carbocycles. The van der Waals surface area contributed by atoms with Crippen molar-refractivity contribution in [2.45, 2.75) is 26.7 Å². The van der Waals surface area contributed by atoms with Crippen LogP contribution in [0.3, 0.4) is 0 Å². The molecule has 7 heteroatoms. The highest BCUT2D eigenvalue weighted by molar-refractivity contribution is 5.76. The van der Waals surface area contributed by atoms with Crippen LogP contribution in [0.1, 0.15) is 25.8 Å². The lowest BCUT2D eigenvalue weighted by atomic mass is 10.2. The van der Waals surface area contributed by atoms with Crippen molar-refractivity contribution >= 4 is 17.5 Å². The summed E-state index contributed by atoms with van der Waals surface area (Å²) < 4.78 is 0. The molecular formula is C11H20N6O. The molecule has 1 aromatic heterocycles. The molecule has 18 heavy (non-hydrogen) atoms. The van der Waals surface area contributed by atoms with Gasteiger partial charge in [-0.2, -0.15) is 0 Å². The lowest BCUT2D eigenvalue weighted by molar-refractivity contribution is -0.120. The molecule has 0 atom stereocenters. The molecule has 0 aliphatic carbocycles. The minimum Gasteiger partial charge on any atom is -0.369 e. The van der Waals surface area contributed by atoms with E-state index in [4.69, 9.17) is 5.84 Å². The quantitative estimate of drug-likeness (QED) is 0.410. The van der Waals surface area contributed by atoms with Crippen LogP contribution in [-0.2, 0) is 11.2 Å². The van der Waals surface area contributed by atoms with Crippen molar-refractivity contribution in [3.8, 4) is 0 Å². The lowest BCUT2D eigenvalue weighted by Crippen LogP contribution is -2.25. The zero-order chi connectivity index (χ0) is 13.4. The van der Waals surface area contributed by atoms with Crippen LogP contribution in [0.5, 0.6) is 0 Å². The number of aromatic nitrogens is 2. The molecule has 0 aliphatic heterocycles. The number of rotatable bonds is 7. The summed E-state index contributed by atoms with van der Waals surface area (Å²) in [5.41, 5.74) is 3.45. The van der Waals surface area contributed by atoms with Crippen LogP contribution in [0.25, 0.3) is 0 Å². The monoisotopic (exact) mass is 252 g/mol. The Balaban J connectivity index is 2.59. The van der Waals surface area contributed by atoms with Gasteiger partial charge in [-0.1, -0.05) is 6.92 Å². The SMILES string of the molecule is CCNC(=O)CCNc1ncnc(NN)c1CC. The third kappa shape index (κ3) is 3.85. The predicted molar refractivity (Wildman–Crippen MR) is 71.0 cm³/mol. The second-order valence-electron chi connectivity index (χ2n) is 3.68. The molecule has 0 aromatic carbocycles. The second kappa shape index (κ2) is 7.44. The first-order chi connectivity index (χ1) is 8.72. The fraction of sp³-hybridized carbons (Fsp3) is 0.545. The van der Waals surface area contributed by atoms with Crippen molar-refractivity contribution in [3.05, 3.63) is 11.9 Å². The number of nitrogen functional groups attached to an aromatic ring is 1. The number of nitrogens with zero attached hydrogens (tertiary/aromatic N) is 2. The van der Waals surface area contributed by atoms with E-state index < -0.39 is 0 Å². The highest BCUT2D eigenvalue weighted by Gasteiger charge is 2.08. The highest BCUT2D eigenvalue weighted by Crippen LogP contribution is 2.19. The van der Waals surface area contributed by atoms with Crippen LogP contribution >= 0.6 is 0 Å². The fourth-order valence-electron chi connectivity index (χ4n) is 1.60. The van der Waals surface area contributed by atoms with Gasteiger partial charge in [-0.05, 0) is 13.3 Å². The minimum atomic E-state index is 0.0225. The normalized spacial score (nSPS) is 9.94.